The number of aromatic nitrogens is 2. The van der Waals surface area contributed by atoms with E-state index in [1.54, 1.807) is 0 Å². The number of hydrogen-bond acceptors (Lipinski definition) is 1. The van der Waals surface area contributed by atoms with Crippen molar-refractivity contribution in [2.45, 2.75) is 0 Å². The van der Waals surface area contributed by atoms with Crippen LogP contribution in [0.4, 0.5) is 0 Å². The fraction of sp³-hybridized carbons (Fsp3) is 0. The zero-order chi connectivity index (χ0) is 30.9. The number of nitrogens with zero attached hydrogens (tertiary/aromatic N) is 2. The molecular weight excluding hydrogens is 572 g/mol. The molecule has 0 atom stereocenters. The third kappa shape index (κ3) is 3.81. The van der Waals surface area contributed by atoms with E-state index in [2.05, 4.69) is 179 Å². The summed E-state index contributed by atoms with van der Waals surface area (Å²) in [6.45, 7) is 0. The minimum atomic E-state index is 0.868. The van der Waals surface area contributed by atoms with Crippen LogP contribution in [0.25, 0.3) is 88.4 Å². The average Bonchev–Trinajstić information content (AvgIpc) is 3.79. The molecule has 47 heavy (non-hydrogen) atoms. The fourth-order valence-corrected chi connectivity index (χ4v) is 7.52. The number of hydrogen-bond donors (Lipinski definition) is 0. The molecule has 0 amide bonds. The molecule has 0 radical (unpaired) electrons. The van der Waals surface area contributed by atoms with Crippen molar-refractivity contribution in [1.29, 1.82) is 0 Å². The van der Waals surface area contributed by atoms with Crippen LogP contribution < -0.4 is 0 Å². The molecule has 0 aliphatic rings. The summed E-state index contributed by atoms with van der Waals surface area (Å²) in [6, 6.07) is 60.5. The Balaban J connectivity index is 1.19. The molecule has 0 bridgehead atoms. The van der Waals surface area contributed by atoms with Gasteiger partial charge in [0.1, 0.15) is 5.58 Å². The maximum absolute atomic E-state index is 6.89. The maximum Gasteiger partial charge on any atom is 0.213 e. The highest BCUT2D eigenvalue weighted by Gasteiger charge is 2.21. The number of fused-ring (bicyclic) bond motifs is 8. The highest BCUT2D eigenvalue weighted by atomic mass is 16.3. The molecule has 0 spiro atoms. The Kier molecular flexibility index (Phi) is 5.57. The average molecular weight is 601 g/mol. The van der Waals surface area contributed by atoms with Gasteiger partial charge < -0.3 is 8.98 Å². The molecule has 0 N–H and O–H groups in total. The molecule has 10 rings (SSSR count). The molecule has 220 valence electrons. The summed E-state index contributed by atoms with van der Waals surface area (Å²) in [5.74, 6) is 0. The van der Waals surface area contributed by atoms with E-state index in [0.29, 0.717) is 0 Å². The Labute approximate surface area is 271 Å². The van der Waals surface area contributed by atoms with Crippen molar-refractivity contribution in [3.8, 4) is 33.6 Å². The third-order valence-electron chi connectivity index (χ3n) is 9.54. The Morgan fingerprint density at radius 3 is 1.66 bits per heavy atom. The van der Waals surface area contributed by atoms with Gasteiger partial charge in [-0.05, 0) is 53.6 Å². The molecule has 0 aliphatic carbocycles. The number of furan rings is 1. The van der Waals surface area contributed by atoms with Gasteiger partial charge in [0.05, 0.1) is 27.6 Å². The van der Waals surface area contributed by atoms with E-state index in [9.17, 15) is 0 Å². The Hall–Kier alpha value is -6.32. The van der Waals surface area contributed by atoms with E-state index in [4.69, 9.17) is 4.42 Å². The summed E-state index contributed by atoms with van der Waals surface area (Å²) in [6.07, 6.45) is 0. The van der Waals surface area contributed by atoms with Gasteiger partial charge in [0.25, 0.3) is 0 Å². The lowest BCUT2D eigenvalue weighted by atomic mass is 9.96. The van der Waals surface area contributed by atoms with Gasteiger partial charge in [0, 0.05) is 38.4 Å². The van der Waals surface area contributed by atoms with E-state index in [0.717, 1.165) is 55.7 Å². The van der Waals surface area contributed by atoms with Crippen LogP contribution in [0, 0.1) is 0 Å². The van der Waals surface area contributed by atoms with Crippen LogP contribution >= 0.6 is 0 Å². The lowest BCUT2D eigenvalue weighted by Gasteiger charge is -2.15. The predicted octanol–water partition coefficient (Wildman–Crippen LogP) is 12.0. The first kappa shape index (κ1) is 26.0. The van der Waals surface area contributed by atoms with Gasteiger partial charge in [-0.15, -0.1) is 0 Å². The highest BCUT2D eigenvalue weighted by Crippen LogP contribution is 2.43. The zero-order valence-electron chi connectivity index (χ0n) is 25.5. The molecule has 3 heterocycles. The van der Waals surface area contributed by atoms with E-state index in [1.165, 1.54) is 32.8 Å². The normalized spacial score (nSPS) is 11.8. The highest BCUT2D eigenvalue weighted by molar-refractivity contribution is 6.21. The van der Waals surface area contributed by atoms with Crippen LogP contribution in [0.1, 0.15) is 0 Å². The third-order valence-corrected chi connectivity index (χ3v) is 9.54. The lowest BCUT2D eigenvalue weighted by molar-refractivity contribution is 0.646. The summed E-state index contributed by atoms with van der Waals surface area (Å²) in [4.78, 5) is 0. The van der Waals surface area contributed by atoms with Gasteiger partial charge in [0.15, 0.2) is 0 Å². The van der Waals surface area contributed by atoms with Crippen molar-refractivity contribution in [2.24, 2.45) is 0 Å². The largest absolute Gasteiger partial charge is 0.438 e. The first-order valence-electron chi connectivity index (χ1n) is 16.0. The van der Waals surface area contributed by atoms with Gasteiger partial charge in [-0.25, -0.2) is 0 Å². The number of para-hydroxylation sites is 6. The molecule has 0 aliphatic heterocycles. The van der Waals surface area contributed by atoms with Gasteiger partial charge in [0.2, 0.25) is 5.71 Å². The minimum absolute atomic E-state index is 0.868. The lowest BCUT2D eigenvalue weighted by Crippen LogP contribution is -1.97. The second-order valence-corrected chi connectivity index (χ2v) is 12.1. The van der Waals surface area contributed by atoms with Gasteiger partial charge >= 0.3 is 0 Å². The summed E-state index contributed by atoms with van der Waals surface area (Å²) in [5, 5.41) is 5.98. The summed E-state index contributed by atoms with van der Waals surface area (Å²) in [5.41, 5.74) is 12.1. The zero-order valence-corrected chi connectivity index (χ0v) is 25.5. The number of rotatable bonds is 4. The van der Waals surface area contributed by atoms with Crippen LogP contribution in [0.15, 0.2) is 174 Å². The van der Waals surface area contributed by atoms with Crippen molar-refractivity contribution >= 4 is 54.8 Å². The molecule has 10 aromatic rings. The van der Waals surface area contributed by atoms with E-state index in [1.807, 2.05) is 0 Å². The van der Waals surface area contributed by atoms with Crippen LogP contribution in [0.3, 0.4) is 0 Å². The van der Waals surface area contributed by atoms with E-state index < -0.39 is 0 Å². The van der Waals surface area contributed by atoms with Crippen molar-refractivity contribution in [2.75, 3.05) is 0 Å². The second-order valence-electron chi connectivity index (χ2n) is 12.1. The van der Waals surface area contributed by atoms with Gasteiger partial charge in [-0.2, -0.15) is 0 Å². The van der Waals surface area contributed by atoms with Crippen LogP contribution in [0.2, 0.25) is 0 Å². The Morgan fingerprint density at radius 1 is 0.383 bits per heavy atom. The van der Waals surface area contributed by atoms with Crippen LogP contribution in [-0.2, 0) is 0 Å². The van der Waals surface area contributed by atoms with Crippen molar-refractivity contribution in [1.82, 2.24) is 9.13 Å². The van der Waals surface area contributed by atoms with E-state index >= 15 is 0 Å². The Morgan fingerprint density at radius 2 is 0.915 bits per heavy atom. The molecular formula is C44H28N2O. The summed E-state index contributed by atoms with van der Waals surface area (Å²) >= 11 is 0. The summed E-state index contributed by atoms with van der Waals surface area (Å²) in [7, 11) is 0. The monoisotopic (exact) mass is 600 g/mol. The second kappa shape index (κ2) is 10.1. The maximum atomic E-state index is 6.89. The molecule has 3 aromatic heterocycles. The van der Waals surface area contributed by atoms with Gasteiger partial charge in [-0.1, -0.05) is 127 Å². The SMILES string of the molecule is c1ccc(-n2c3ccccc3c3c4cccc(-c5cccc(-c6ccccc6-n6c7ccccc7c7ccccc76)c5)c4oc32)cc1. The van der Waals surface area contributed by atoms with Crippen LogP contribution in [-0.4, -0.2) is 9.13 Å². The minimum Gasteiger partial charge on any atom is -0.438 e. The van der Waals surface area contributed by atoms with Gasteiger partial charge in [-0.3, -0.25) is 4.57 Å². The standard InChI is InChI=1S/C44H28N2O/c1-2-16-31(17-3-1)45-41-27-11-7-21-36(41)42-37-23-13-22-33(43(37)47-44(42)45)30-15-12-14-29(28-30)32-18-4-8-24-38(32)46-39-25-9-5-19-34(39)35-20-6-10-26-40(35)46/h1-28H. The van der Waals surface area contributed by atoms with E-state index in [-0.39, 0.29) is 0 Å². The van der Waals surface area contributed by atoms with Crippen molar-refractivity contribution in [3.05, 3.63) is 170 Å². The molecule has 3 nitrogen and oxygen atoms in total. The quantitative estimate of drug-likeness (QED) is 0.197. The first-order chi connectivity index (χ1) is 23.3. The smallest absolute Gasteiger partial charge is 0.213 e. The number of benzene rings is 7. The van der Waals surface area contributed by atoms with Crippen molar-refractivity contribution in [3.63, 3.8) is 0 Å². The molecule has 7 aromatic carbocycles. The first-order valence-corrected chi connectivity index (χ1v) is 16.0. The fourth-order valence-electron chi connectivity index (χ4n) is 7.52. The predicted molar refractivity (Wildman–Crippen MR) is 196 cm³/mol. The topological polar surface area (TPSA) is 23.0 Å². The molecule has 3 heteroatoms. The molecule has 0 saturated heterocycles. The molecule has 0 saturated carbocycles. The van der Waals surface area contributed by atoms with Crippen LogP contribution in [0.5, 0.6) is 0 Å². The Bertz CT molecular complexity index is 2740. The molecule has 0 fully saturated rings. The van der Waals surface area contributed by atoms with Crippen molar-refractivity contribution < 1.29 is 4.42 Å². The summed E-state index contributed by atoms with van der Waals surface area (Å²) < 4.78 is 11.5. The molecule has 0 unspecified atom stereocenters.